The van der Waals surface area contributed by atoms with Gasteiger partial charge in [0.1, 0.15) is 0 Å². The van der Waals surface area contributed by atoms with Crippen molar-refractivity contribution >= 4 is 10.1 Å². The molecular weight excluding hydrogens is 176 g/mol. The predicted molar refractivity (Wildman–Crippen MR) is 23.1 cm³/mol. The monoisotopic (exact) mass is 180 g/mol. The Balaban J connectivity index is 2.69. The van der Waals surface area contributed by atoms with Gasteiger partial charge in [-0.05, 0) is 0 Å². The molecular formula is C4H4O5Ti. The normalized spacial score (nSPS) is 33.0. The Morgan fingerprint density at radius 2 is 1.90 bits per heavy atom. The average molecular weight is 180 g/mol. The van der Waals surface area contributed by atoms with Gasteiger partial charge in [0.2, 0.25) is 0 Å². The van der Waals surface area contributed by atoms with Gasteiger partial charge in [0.05, 0.1) is 0 Å². The van der Waals surface area contributed by atoms with Crippen LogP contribution in [0.25, 0.3) is 0 Å². The zero-order valence-electron chi connectivity index (χ0n) is 4.77. The van der Waals surface area contributed by atoms with Gasteiger partial charge in [-0.25, -0.2) is 0 Å². The summed E-state index contributed by atoms with van der Waals surface area (Å²) < 4.78 is 3.75. The maximum absolute atomic E-state index is 10.5. The van der Waals surface area contributed by atoms with Gasteiger partial charge in [0.25, 0.3) is 0 Å². The van der Waals surface area contributed by atoms with E-state index in [1.807, 2.05) is 0 Å². The quantitative estimate of drug-likeness (QED) is 0.413. The summed E-state index contributed by atoms with van der Waals surface area (Å²) in [5.74, 6) is -0.896. The van der Waals surface area contributed by atoms with Crippen molar-refractivity contribution in [3.05, 3.63) is 0 Å². The fourth-order valence-electron chi connectivity index (χ4n) is 0.494. The predicted octanol–water partition coefficient (Wildman–Crippen LogP) is -2.21. The molecule has 0 aromatic heterocycles. The third kappa shape index (κ3) is 1.27. The van der Waals surface area contributed by atoms with Gasteiger partial charge < -0.3 is 0 Å². The number of aliphatic hydroxyl groups is 2. The van der Waals surface area contributed by atoms with E-state index in [1.54, 1.807) is 0 Å². The van der Waals surface area contributed by atoms with E-state index in [9.17, 15) is 9.59 Å². The van der Waals surface area contributed by atoms with Crippen LogP contribution in [-0.2, 0) is 32.4 Å². The molecule has 0 saturated carbocycles. The number of rotatable bonds is 0. The molecule has 6 heteroatoms. The maximum atomic E-state index is 10.5. The van der Waals surface area contributed by atoms with E-state index in [4.69, 9.17) is 10.2 Å². The molecule has 1 aliphatic rings. The minimum atomic E-state index is -1.68. The van der Waals surface area contributed by atoms with Crippen molar-refractivity contribution in [3.63, 3.8) is 0 Å². The van der Waals surface area contributed by atoms with E-state index in [0.29, 0.717) is 0 Å². The molecule has 2 N–H and O–H groups in total. The molecule has 1 heterocycles. The molecule has 2 unspecified atom stereocenters. The van der Waals surface area contributed by atoms with Crippen LogP contribution in [0, 0.1) is 0 Å². The van der Waals surface area contributed by atoms with Crippen LogP contribution in [0.1, 0.15) is 0 Å². The van der Waals surface area contributed by atoms with E-state index in [2.05, 4.69) is 3.32 Å². The molecule has 0 radical (unpaired) electrons. The van der Waals surface area contributed by atoms with Gasteiger partial charge in [-0.2, -0.15) is 0 Å². The van der Waals surface area contributed by atoms with Crippen LogP contribution in [-0.4, -0.2) is 32.5 Å². The summed E-state index contributed by atoms with van der Waals surface area (Å²) >= 11 is -1.48. The van der Waals surface area contributed by atoms with Crippen LogP contribution in [0.3, 0.4) is 0 Å². The first-order chi connectivity index (χ1) is 4.63. The van der Waals surface area contributed by atoms with Crippen LogP contribution in [0.4, 0.5) is 0 Å². The minimum absolute atomic E-state index is 0.549. The first kappa shape index (κ1) is 7.88. The average Bonchev–Trinajstić information content (AvgIpc) is 1.93. The number of carbonyl (C=O) groups excluding carboxylic acids is 2. The van der Waals surface area contributed by atoms with Crippen molar-refractivity contribution in [3.8, 4) is 0 Å². The van der Waals surface area contributed by atoms with Gasteiger partial charge in [0, 0.05) is 0 Å². The molecule has 1 fully saturated rings. The van der Waals surface area contributed by atoms with Crippen molar-refractivity contribution in [2.24, 2.45) is 0 Å². The van der Waals surface area contributed by atoms with Crippen molar-refractivity contribution in [2.75, 3.05) is 0 Å². The molecule has 5 nitrogen and oxygen atoms in total. The van der Waals surface area contributed by atoms with Crippen LogP contribution in [0.15, 0.2) is 0 Å². The SMILES string of the molecule is O=C1[O][Ti][C](=O)C(O)C1O. The first-order valence-corrected chi connectivity index (χ1v) is 3.91. The molecule has 0 amide bonds. The Labute approximate surface area is 65.4 Å². The van der Waals surface area contributed by atoms with E-state index in [0.717, 1.165) is 0 Å². The van der Waals surface area contributed by atoms with Crippen molar-refractivity contribution < 1.29 is 42.7 Å². The van der Waals surface area contributed by atoms with Gasteiger partial charge in [-0.3, -0.25) is 0 Å². The molecule has 2 atom stereocenters. The molecule has 0 aromatic carbocycles. The van der Waals surface area contributed by atoms with Crippen LogP contribution in [0.2, 0.25) is 0 Å². The topological polar surface area (TPSA) is 83.8 Å². The van der Waals surface area contributed by atoms with E-state index < -0.39 is 41.8 Å². The summed E-state index contributed by atoms with van der Waals surface area (Å²) in [4.78, 5) is 20.9. The second kappa shape index (κ2) is 2.80. The second-order valence-electron chi connectivity index (χ2n) is 1.78. The molecule has 0 bridgehead atoms. The van der Waals surface area contributed by atoms with Gasteiger partial charge >= 0.3 is 64.9 Å². The molecule has 54 valence electrons. The summed E-state index contributed by atoms with van der Waals surface area (Å²) in [7, 11) is 0. The fraction of sp³-hybridized carbons (Fsp3) is 0.500. The molecule has 1 aliphatic heterocycles. The Morgan fingerprint density at radius 3 is 2.40 bits per heavy atom. The van der Waals surface area contributed by atoms with Gasteiger partial charge in [-0.15, -0.1) is 0 Å². The van der Waals surface area contributed by atoms with Crippen molar-refractivity contribution in [2.45, 2.75) is 12.2 Å². The standard InChI is InChI=1S/C4H5O5.Ti/c5-1-2(6)3(7)4(8)9;/h2-3,6-7H,(H,8,9);/q;+1/p-1. The van der Waals surface area contributed by atoms with Crippen LogP contribution < -0.4 is 0 Å². The molecule has 0 aromatic rings. The van der Waals surface area contributed by atoms with Crippen LogP contribution >= 0.6 is 0 Å². The Bertz CT molecular complexity index is 158. The number of aliphatic hydroxyl groups excluding tert-OH is 2. The molecule has 1 saturated heterocycles. The van der Waals surface area contributed by atoms with Crippen molar-refractivity contribution in [1.82, 2.24) is 0 Å². The molecule has 1 rings (SSSR count). The first-order valence-electron chi connectivity index (χ1n) is 2.49. The van der Waals surface area contributed by atoms with E-state index >= 15 is 0 Å². The summed E-state index contributed by atoms with van der Waals surface area (Å²) in [6.45, 7) is 0. The Hall–Kier alpha value is -0.226. The summed E-state index contributed by atoms with van der Waals surface area (Å²) in [5, 5.41) is 17.4. The van der Waals surface area contributed by atoms with Gasteiger partial charge in [-0.1, -0.05) is 0 Å². The summed E-state index contributed by atoms with van der Waals surface area (Å²) in [5.41, 5.74) is 0. The Morgan fingerprint density at radius 1 is 1.30 bits per heavy atom. The van der Waals surface area contributed by atoms with Gasteiger partial charge in [0.15, 0.2) is 0 Å². The van der Waals surface area contributed by atoms with Crippen LogP contribution in [0.5, 0.6) is 0 Å². The molecule has 10 heavy (non-hydrogen) atoms. The number of hydrogen-bond donors (Lipinski definition) is 2. The Kier molecular flexibility index (Phi) is 2.20. The number of hydrogen-bond acceptors (Lipinski definition) is 5. The van der Waals surface area contributed by atoms with Crippen molar-refractivity contribution in [1.29, 1.82) is 0 Å². The zero-order valence-corrected chi connectivity index (χ0v) is 6.34. The fourth-order valence-corrected chi connectivity index (χ4v) is 1.43. The molecule has 0 aliphatic carbocycles. The zero-order chi connectivity index (χ0) is 7.72. The third-order valence-corrected chi connectivity index (χ3v) is 2.31. The second-order valence-corrected chi connectivity index (χ2v) is 3.18. The van der Waals surface area contributed by atoms with E-state index in [1.165, 1.54) is 0 Å². The van der Waals surface area contributed by atoms with E-state index in [-0.39, 0.29) is 0 Å². The third-order valence-electron chi connectivity index (χ3n) is 1.06. The summed E-state index contributed by atoms with van der Waals surface area (Å²) in [6.07, 6.45) is -3.23. The summed E-state index contributed by atoms with van der Waals surface area (Å²) in [6, 6.07) is 0. The molecule has 0 spiro atoms. The number of carbonyl (C=O) groups is 2.